The van der Waals surface area contributed by atoms with E-state index in [0.29, 0.717) is 5.75 Å². The van der Waals surface area contributed by atoms with Crippen LogP contribution in [0.4, 0.5) is 0 Å². The van der Waals surface area contributed by atoms with Crippen molar-refractivity contribution in [2.45, 2.75) is 51.5 Å². The first-order valence-electron chi connectivity index (χ1n) is 6.64. The van der Waals surface area contributed by atoms with Gasteiger partial charge in [0.05, 0.1) is 7.11 Å². The Kier molecular flexibility index (Phi) is 4.87. The second-order valence-electron chi connectivity index (χ2n) is 6.88. The summed E-state index contributed by atoms with van der Waals surface area (Å²) >= 11 is 0. The average Bonchev–Trinajstić information content (AvgIpc) is 2.24. The van der Waals surface area contributed by atoms with E-state index >= 15 is 0 Å². The summed E-state index contributed by atoms with van der Waals surface area (Å²) in [6.45, 7) is 10.1. The average molecular weight is 299 g/mol. The third-order valence-electron chi connectivity index (χ3n) is 2.74. The van der Waals surface area contributed by atoms with Crippen LogP contribution in [-0.4, -0.2) is 21.1 Å². The van der Waals surface area contributed by atoms with Crippen LogP contribution in [0.15, 0.2) is 29.2 Å². The van der Waals surface area contributed by atoms with E-state index < -0.39 is 15.6 Å². The van der Waals surface area contributed by atoms with E-state index in [1.54, 1.807) is 24.3 Å². The van der Waals surface area contributed by atoms with Gasteiger partial charge in [0, 0.05) is 5.54 Å². The van der Waals surface area contributed by atoms with Crippen molar-refractivity contribution in [2.24, 2.45) is 5.41 Å². The Morgan fingerprint density at radius 3 is 2.15 bits per heavy atom. The minimum Gasteiger partial charge on any atom is -0.495 e. The molecule has 0 saturated heterocycles. The quantitative estimate of drug-likeness (QED) is 0.908. The molecule has 1 aromatic rings. The second-order valence-corrected chi connectivity index (χ2v) is 8.53. The molecule has 0 aliphatic rings. The van der Waals surface area contributed by atoms with Gasteiger partial charge in [-0.05, 0) is 37.8 Å². The van der Waals surface area contributed by atoms with Gasteiger partial charge in [0.25, 0.3) is 0 Å². The summed E-state index contributed by atoms with van der Waals surface area (Å²) in [6.07, 6.45) is 0.731. The molecule has 114 valence electrons. The van der Waals surface area contributed by atoms with Crippen LogP contribution in [0.2, 0.25) is 0 Å². The van der Waals surface area contributed by atoms with Gasteiger partial charge in [-0.1, -0.05) is 32.9 Å². The van der Waals surface area contributed by atoms with Gasteiger partial charge in [-0.3, -0.25) is 0 Å². The maximum Gasteiger partial charge on any atom is 0.244 e. The van der Waals surface area contributed by atoms with E-state index in [-0.39, 0.29) is 10.3 Å². The second kappa shape index (κ2) is 5.74. The van der Waals surface area contributed by atoms with Gasteiger partial charge in [-0.2, -0.15) is 0 Å². The van der Waals surface area contributed by atoms with Crippen LogP contribution in [0.1, 0.15) is 41.0 Å². The van der Waals surface area contributed by atoms with E-state index in [1.807, 2.05) is 13.8 Å². The molecule has 0 aliphatic carbocycles. The van der Waals surface area contributed by atoms with Crippen molar-refractivity contribution in [1.82, 2.24) is 4.72 Å². The number of para-hydroxylation sites is 1. The lowest BCUT2D eigenvalue weighted by Gasteiger charge is -2.33. The minimum atomic E-state index is -3.61. The zero-order chi connectivity index (χ0) is 15.6. The zero-order valence-corrected chi connectivity index (χ0v) is 14.0. The van der Waals surface area contributed by atoms with Crippen LogP contribution in [0, 0.1) is 5.41 Å². The maximum atomic E-state index is 12.5. The number of benzene rings is 1. The summed E-state index contributed by atoms with van der Waals surface area (Å²) < 4.78 is 32.9. The highest BCUT2D eigenvalue weighted by molar-refractivity contribution is 7.89. The van der Waals surface area contributed by atoms with Crippen molar-refractivity contribution in [3.63, 3.8) is 0 Å². The molecule has 0 radical (unpaired) electrons. The van der Waals surface area contributed by atoms with Crippen molar-refractivity contribution >= 4 is 10.0 Å². The van der Waals surface area contributed by atoms with Gasteiger partial charge in [0.15, 0.2) is 0 Å². The third kappa shape index (κ3) is 4.80. The Morgan fingerprint density at radius 2 is 1.65 bits per heavy atom. The van der Waals surface area contributed by atoms with Crippen molar-refractivity contribution in [1.29, 1.82) is 0 Å². The molecule has 0 aromatic heterocycles. The number of rotatable bonds is 5. The minimum absolute atomic E-state index is 0.0345. The SMILES string of the molecule is COc1ccccc1S(=O)(=O)NC(C)(C)CC(C)(C)C. The number of nitrogens with one attached hydrogen (secondary N) is 1. The van der Waals surface area contributed by atoms with Gasteiger partial charge in [-0.15, -0.1) is 0 Å². The number of methoxy groups -OCH3 is 1. The molecular weight excluding hydrogens is 274 g/mol. The van der Waals surface area contributed by atoms with Crippen LogP contribution in [0.3, 0.4) is 0 Å². The topological polar surface area (TPSA) is 55.4 Å². The smallest absolute Gasteiger partial charge is 0.244 e. The highest BCUT2D eigenvalue weighted by Gasteiger charge is 2.31. The molecular formula is C15H25NO3S. The largest absolute Gasteiger partial charge is 0.495 e. The Morgan fingerprint density at radius 1 is 1.10 bits per heavy atom. The summed E-state index contributed by atoms with van der Waals surface area (Å²) in [7, 11) is -2.14. The van der Waals surface area contributed by atoms with Crippen LogP contribution in [0.25, 0.3) is 0 Å². The summed E-state index contributed by atoms with van der Waals surface area (Å²) in [5.74, 6) is 0.353. The molecule has 0 spiro atoms. The fourth-order valence-corrected chi connectivity index (χ4v) is 4.20. The van der Waals surface area contributed by atoms with Gasteiger partial charge >= 0.3 is 0 Å². The monoisotopic (exact) mass is 299 g/mol. The van der Waals surface area contributed by atoms with Crippen LogP contribution in [0.5, 0.6) is 5.75 Å². The number of ether oxygens (including phenoxy) is 1. The highest BCUT2D eigenvalue weighted by Crippen LogP contribution is 2.30. The van der Waals surface area contributed by atoms with Crippen LogP contribution >= 0.6 is 0 Å². The maximum absolute atomic E-state index is 12.5. The van der Waals surface area contributed by atoms with Crippen molar-refractivity contribution in [2.75, 3.05) is 7.11 Å². The van der Waals surface area contributed by atoms with E-state index in [2.05, 4.69) is 25.5 Å². The highest BCUT2D eigenvalue weighted by atomic mass is 32.2. The molecule has 1 N–H and O–H groups in total. The Hall–Kier alpha value is -1.07. The number of hydrogen-bond donors (Lipinski definition) is 1. The van der Waals surface area contributed by atoms with E-state index in [9.17, 15) is 8.42 Å². The fourth-order valence-electron chi connectivity index (χ4n) is 2.62. The van der Waals surface area contributed by atoms with Gasteiger partial charge < -0.3 is 4.74 Å². The molecule has 4 nitrogen and oxygen atoms in total. The molecule has 0 fully saturated rings. The van der Waals surface area contributed by atoms with Gasteiger partial charge in [0.1, 0.15) is 10.6 Å². The Balaban J connectivity index is 3.06. The molecule has 0 heterocycles. The molecule has 0 aliphatic heterocycles. The normalized spacial score (nSPS) is 13.3. The van der Waals surface area contributed by atoms with Gasteiger partial charge in [-0.25, -0.2) is 13.1 Å². The first-order chi connectivity index (χ1) is 8.97. The van der Waals surface area contributed by atoms with Crippen molar-refractivity contribution < 1.29 is 13.2 Å². The first kappa shape index (κ1) is 17.0. The third-order valence-corrected chi connectivity index (χ3v) is 4.48. The van der Waals surface area contributed by atoms with Gasteiger partial charge in [0.2, 0.25) is 10.0 Å². The first-order valence-corrected chi connectivity index (χ1v) is 8.12. The van der Waals surface area contributed by atoms with Crippen molar-refractivity contribution in [3.8, 4) is 5.75 Å². The summed E-state index contributed by atoms with van der Waals surface area (Å²) in [4.78, 5) is 0.171. The molecule has 0 atom stereocenters. The molecule has 20 heavy (non-hydrogen) atoms. The Bertz CT molecular complexity index is 557. The standard InChI is InChI=1S/C15H25NO3S/c1-14(2,3)11-15(4,5)16-20(17,18)13-10-8-7-9-12(13)19-6/h7-10,16H,11H2,1-6H3. The predicted molar refractivity (Wildman–Crippen MR) is 81.5 cm³/mol. The lowest BCUT2D eigenvalue weighted by Crippen LogP contribution is -2.45. The Labute approximate surface area is 122 Å². The van der Waals surface area contributed by atoms with E-state index in [0.717, 1.165) is 6.42 Å². The number of hydrogen-bond acceptors (Lipinski definition) is 3. The lowest BCUT2D eigenvalue weighted by atomic mass is 9.82. The molecule has 0 unspecified atom stereocenters. The molecule has 0 amide bonds. The van der Waals surface area contributed by atoms with Crippen molar-refractivity contribution in [3.05, 3.63) is 24.3 Å². The predicted octanol–water partition coefficient (Wildman–Crippen LogP) is 3.19. The lowest BCUT2D eigenvalue weighted by molar-refractivity contribution is 0.269. The summed E-state index contributed by atoms with van der Waals surface area (Å²) in [5.41, 5.74) is -0.495. The summed E-state index contributed by atoms with van der Waals surface area (Å²) in [5, 5.41) is 0. The van der Waals surface area contributed by atoms with E-state index in [1.165, 1.54) is 7.11 Å². The summed E-state index contributed by atoms with van der Waals surface area (Å²) in [6, 6.07) is 6.63. The van der Waals surface area contributed by atoms with Crippen LogP contribution in [-0.2, 0) is 10.0 Å². The molecule has 5 heteroatoms. The molecule has 0 saturated carbocycles. The molecule has 1 aromatic carbocycles. The molecule has 1 rings (SSSR count). The van der Waals surface area contributed by atoms with E-state index in [4.69, 9.17) is 4.74 Å². The number of sulfonamides is 1. The van der Waals surface area contributed by atoms with Crippen LogP contribution < -0.4 is 9.46 Å². The molecule has 0 bridgehead atoms. The zero-order valence-electron chi connectivity index (χ0n) is 13.1. The fraction of sp³-hybridized carbons (Fsp3) is 0.600.